The van der Waals surface area contributed by atoms with Gasteiger partial charge in [-0.25, -0.2) is 0 Å². The summed E-state index contributed by atoms with van der Waals surface area (Å²) >= 11 is 3.21. The van der Waals surface area contributed by atoms with Crippen LogP contribution in [-0.2, 0) is 6.18 Å². The summed E-state index contributed by atoms with van der Waals surface area (Å²) in [4.78, 5) is 3.87. The van der Waals surface area contributed by atoms with Crippen molar-refractivity contribution < 1.29 is 17.9 Å². The lowest BCUT2D eigenvalue weighted by Gasteiger charge is -2.11. The Morgan fingerprint density at radius 1 is 1.16 bits per heavy atom. The monoisotopic (exact) mass is 332 g/mol. The van der Waals surface area contributed by atoms with Gasteiger partial charge in [0.05, 0.1) is 17.4 Å². The van der Waals surface area contributed by atoms with Crippen LogP contribution in [0.4, 0.5) is 18.9 Å². The molecule has 0 atom stereocenters. The number of nitrogens with two attached hydrogens (primary N) is 1. The molecule has 0 unspecified atom stereocenters. The van der Waals surface area contributed by atoms with Crippen molar-refractivity contribution >= 4 is 21.6 Å². The maximum Gasteiger partial charge on any atom is 0.416 e. The predicted molar refractivity (Wildman–Crippen MR) is 67.9 cm³/mol. The Labute approximate surface area is 115 Å². The van der Waals surface area contributed by atoms with E-state index in [0.717, 1.165) is 12.1 Å². The van der Waals surface area contributed by atoms with Crippen LogP contribution in [0.15, 0.2) is 41.1 Å². The molecule has 2 N–H and O–H groups in total. The molecule has 0 aliphatic carbocycles. The molecule has 2 aromatic rings. The quantitative estimate of drug-likeness (QED) is 0.837. The van der Waals surface area contributed by atoms with E-state index in [-0.39, 0.29) is 11.4 Å². The first-order valence-electron chi connectivity index (χ1n) is 5.11. The third-order valence-electron chi connectivity index (χ3n) is 2.24. The van der Waals surface area contributed by atoms with Gasteiger partial charge in [-0.1, -0.05) is 0 Å². The van der Waals surface area contributed by atoms with Crippen molar-refractivity contribution in [1.82, 2.24) is 4.98 Å². The highest BCUT2D eigenvalue weighted by molar-refractivity contribution is 9.10. The van der Waals surface area contributed by atoms with Crippen LogP contribution in [0, 0.1) is 0 Å². The molecule has 0 fully saturated rings. The van der Waals surface area contributed by atoms with Crippen LogP contribution in [-0.4, -0.2) is 4.98 Å². The second-order valence-corrected chi connectivity index (χ2v) is 4.61. The van der Waals surface area contributed by atoms with Gasteiger partial charge in [0.15, 0.2) is 0 Å². The van der Waals surface area contributed by atoms with Crippen molar-refractivity contribution in [1.29, 1.82) is 0 Å². The number of halogens is 4. The molecule has 2 rings (SSSR count). The van der Waals surface area contributed by atoms with E-state index in [1.54, 1.807) is 12.3 Å². The summed E-state index contributed by atoms with van der Waals surface area (Å²) < 4.78 is 43.5. The molecule has 0 amide bonds. The highest BCUT2D eigenvalue weighted by atomic mass is 79.9. The van der Waals surface area contributed by atoms with Crippen molar-refractivity contribution in [2.45, 2.75) is 6.18 Å². The van der Waals surface area contributed by atoms with Crippen molar-refractivity contribution in [2.24, 2.45) is 0 Å². The van der Waals surface area contributed by atoms with Gasteiger partial charge in [-0.2, -0.15) is 13.2 Å². The van der Waals surface area contributed by atoms with Crippen LogP contribution in [0.25, 0.3) is 0 Å². The number of anilines is 1. The van der Waals surface area contributed by atoms with Crippen molar-refractivity contribution in [3.63, 3.8) is 0 Å². The zero-order valence-corrected chi connectivity index (χ0v) is 11.0. The van der Waals surface area contributed by atoms with Crippen LogP contribution in [0.1, 0.15) is 5.56 Å². The van der Waals surface area contributed by atoms with Crippen LogP contribution in [0.2, 0.25) is 0 Å². The fourth-order valence-corrected chi connectivity index (χ4v) is 1.74. The second-order valence-electron chi connectivity index (χ2n) is 3.69. The Balaban J connectivity index is 2.27. The molecule has 0 saturated carbocycles. The van der Waals surface area contributed by atoms with Gasteiger partial charge in [-0.15, -0.1) is 0 Å². The normalized spacial score (nSPS) is 11.4. The third-order valence-corrected chi connectivity index (χ3v) is 2.68. The van der Waals surface area contributed by atoms with Crippen molar-refractivity contribution in [3.05, 3.63) is 46.7 Å². The number of aromatic nitrogens is 1. The second kappa shape index (κ2) is 5.08. The van der Waals surface area contributed by atoms with Crippen LogP contribution in [0.3, 0.4) is 0 Å². The Morgan fingerprint density at radius 3 is 2.47 bits per heavy atom. The van der Waals surface area contributed by atoms with Gasteiger partial charge >= 0.3 is 6.18 Å². The van der Waals surface area contributed by atoms with E-state index in [0.29, 0.717) is 10.2 Å². The number of hydrogen-bond acceptors (Lipinski definition) is 3. The van der Waals surface area contributed by atoms with E-state index >= 15 is 0 Å². The lowest BCUT2D eigenvalue weighted by Crippen LogP contribution is -2.06. The summed E-state index contributed by atoms with van der Waals surface area (Å²) in [7, 11) is 0. The molecule has 0 aliphatic rings. The number of hydrogen-bond donors (Lipinski definition) is 1. The topological polar surface area (TPSA) is 48.1 Å². The standard InChI is InChI=1S/C12H8BrF3N2O/c13-8-4-9(6-18-5-8)19-11-2-1-7(3-10(11)17)12(14,15)16/h1-6H,17H2. The smallest absolute Gasteiger partial charge is 0.416 e. The van der Waals surface area contributed by atoms with Crippen molar-refractivity contribution in [3.8, 4) is 11.5 Å². The van der Waals surface area contributed by atoms with E-state index < -0.39 is 11.7 Å². The highest BCUT2D eigenvalue weighted by Gasteiger charge is 2.30. The van der Waals surface area contributed by atoms with Gasteiger partial charge in [-0.3, -0.25) is 4.98 Å². The predicted octanol–water partition coefficient (Wildman–Crippen LogP) is 4.24. The largest absolute Gasteiger partial charge is 0.454 e. The van der Waals surface area contributed by atoms with Gasteiger partial charge < -0.3 is 10.5 Å². The zero-order chi connectivity index (χ0) is 14.0. The summed E-state index contributed by atoms with van der Waals surface area (Å²) in [6, 6.07) is 4.56. The molecule has 100 valence electrons. The molecule has 0 spiro atoms. The van der Waals surface area contributed by atoms with Crippen LogP contribution in [0.5, 0.6) is 11.5 Å². The Bertz CT molecular complexity index is 602. The minimum atomic E-state index is -4.43. The molecule has 1 heterocycles. The highest BCUT2D eigenvalue weighted by Crippen LogP contribution is 2.35. The van der Waals surface area contributed by atoms with Crippen molar-refractivity contribution in [2.75, 3.05) is 5.73 Å². The number of nitrogens with zero attached hydrogens (tertiary/aromatic N) is 1. The molecular weight excluding hydrogens is 325 g/mol. The summed E-state index contributed by atoms with van der Waals surface area (Å²) in [5.74, 6) is 0.522. The average molecular weight is 333 g/mol. The summed E-state index contributed by atoms with van der Waals surface area (Å²) in [5.41, 5.74) is 4.64. The van der Waals surface area contributed by atoms with Gasteiger partial charge in [-0.05, 0) is 40.2 Å². The molecule has 7 heteroatoms. The first kappa shape index (κ1) is 13.7. The fraction of sp³-hybridized carbons (Fsp3) is 0.0833. The molecule has 0 bridgehead atoms. The van der Waals surface area contributed by atoms with E-state index in [4.69, 9.17) is 10.5 Å². The summed E-state index contributed by atoms with van der Waals surface area (Å²) in [6.07, 6.45) is -1.44. The van der Waals surface area contributed by atoms with Crippen LogP contribution < -0.4 is 10.5 Å². The number of pyridine rings is 1. The van der Waals surface area contributed by atoms with Gasteiger partial charge in [0, 0.05) is 10.7 Å². The SMILES string of the molecule is Nc1cc(C(F)(F)F)ccc1Oc1cncc(Br)c1. The Hall–Kier alpha value is -1.76. The maximum atomic E-state index is 12.5. The first-order valence-corrected chi connectivity index (χ1v) is 5.90. The first-order chi connectivity index (χ1) is 8.86. The number of ether oxygens (including phenoxy) is 1. The third kappa shape index (κ3) is 3.37. The van der Waals surface area contributed by atoms with Gasteiger partial charge in [0.2, 0.25) is 0 Å². The Morgan fingerprint density at radius 2 is 1.89 bits per heavy atom. The minimum Gasteiger partial charge on any atom is -0.454 e. The van der Waals surface area contributed by atoms with Gasteiger partial charge in [0.25, 0.3) is 0 Å². The molecule has 0 radical (unpaired) electrons. The molecule has 0 saturated heterocycles. The lowest BCUT2D eigenvalue weighted by atomic mass is 10.2. The zero-order valence-electron chi connectivity index (χ0n) is 9.41. The average Bonchev–Trinajstić information content (AvgIpc) is 2.30. The molecule has 1 aromatic carbocycles. The molecule has 3 nitrogen and oxygen atoms in total. The fourth-order valence-electron chi connectivity index (χ4n) is 1.39. The van der Waals surface area contributed by atoms with E-state index in [2.05, 4.69) is 20.9 Å². The molecular formula is C12H8BrF3N2O. The number of alkyl halides is 3. The lowest BCUT2D eigenvalue weighted by molar-refractivity contribution is -0.137. The maximum absolute atomic E-state index is 12.5. The van der Waals surface area contributed by atoms with E-state index in [9.17, 15) is 13.2 Å². The minimum absolute atomic E-state index is 0.0881. The summed E-state index contributed by atoms with van der Waals surface area (Å²) in [5, 5.41) is 0. The van der Waals surface area contributed by atoms with Crippen LogP contribution >= 0.6 is 15.9 Å². The van der Waals surface area contributed by atoms with Gasteiger partial charge in [0.1, 0.15) is 11.5 Å². The molecule has 0 aliphatic heterocycles. The summed E-state index contributed by atoms with van der Waals surface area (Å²) in [6.45, 7) is 0. The molecule has 19 heavy (non-hydrogen) atoms. The number of rotatable bonds is 2. The van der Waals surface area contributed by atoms with E-state index in [1.165, 1.54) is 12.3 Å². The number of nitrogen functional groups attached to an aromatic ring is 1. The van der Waals surface area contributed by atoms with E-state index in [1.807, 2.05) is 0 Å². The number of benzene rings is 1. The molecule has 1 aromatic heterocycles. The Kier molecular flexibility index (Phi) is 3.66.